The Labute approximate surface area is 96.4 Å². The number of carboxylic acid groups (broad SMARTS) is 1. The van der Waals surface area contributed by atoms with Crippen molar-refractivity contribution in [3.8, 4) is 0 Å². The summed E-state index contributed by atoms with van der Waals surface area (Å²) in [5.41, 5.74) is 0. The number of carbonyl (C=O) groups is 2. The van der Waals surface area contributed by atoms with Gasteiger partial charge in [0.1, 0.15) is 6.42 Å². The molecule has 0 unspecified atom stereocenters. The van der Waals surface area contributed by atoms with Crippen molar-refractivity contribution >= 4 is 11.9 Å². The molecule has 0 radical (unpaired) electrons. The number of nitrogens with one attached hydrogen (secondary N) is 1. The molecule has 0 aromatic rings. The Balaban J connectivity index is 2.21. The van der Waals surface area contributed by atoms with Crippen molar-refractivity contribution in [1.29, 1.82) is 0 Å². The van der Waals surface area contributed by atoms with Crippen LogP contribution in [-0.4, -0.2) is 23.0 Å². The van der Waals surface area contributed by atoms with E-state index in [4.69, 9.17) is 5.11 Å². The predicted molar refractivity (Wildman–Crippen MR) is 61.0 cm³/mol. The van der Waals surface area contributed by atoms with E-state index in [1.54, 1.807) is 0 Å². The molecule has 0 heterocycles. The molecular weight excluding hydrogens is 206 g/mol. The lowest BCUT2D eigenvalue weighted by atomic mass is 9.83. The summed E-state index contributed by atoms with van der Waals surface area (Å²) in [6.07, 6.45) is 6.40. The summed E-state index contributed by atoms with van der Waals surface area (Å²) in [5, 5.41) is 11.3. The van der Waals surface area contributed by atoms with Gasteiger partial charge in [-0.05, 0) is 31.6 Å². The fourth-order valence-electron chi connectivity index (χ4n) is 2.42. The normalized spacial score (nSPS) is 25.1. The third-order valence-corrected chi connectivity index (χ3v) is 3.22. The van der Waals surface area contributed by atoms with E-state index in [0.717, 1.165) is 31.6 Å². The molecular formula is C12H21NO3. The molecule has 4 heteroatoms. The van der Waals surface area contributed by atoms with Crippen LogP contribution in [0.3, 0.4) is 0 Å². The molecule has 1 aliphatic rings. The zero-order valence-corrected chi connectivity index (χ0v) is 9.87. The first-order chi connectivity index (χ1) is 7.61. The maximum absolute atomic E-state index is 11.2. The lowest BCUT2D eigenvalue weighted by molar-refractivity contribution is -0.140. The smallest absolute Gasteiger partial charge is 0.312 e. The van der Waals surface area contributed by atoms with Crippen molar-refractivity contribution < 1.29 is 14.7 Å². The van der Waals surface area contributed by atoms with Gasteiger partial charge in [0.25, 0.3) is 0 Å². The molecule has 2 N–H and O–H groups in total. The fourth-order valence-corrected chi connectivity index (χ4v) is 2.42. The van der Waals surface area contributed by atoms with E-state index in [1.807, 2.05) is 0 Å². The van der Waals surface area contributed by atoms with E-state index < -0.39 is 12.4 Å². The second-order valence-corrected chi connectivity index (χ2v) is 4.64. The van der Waals surface area contributed by atoms with Gasteiger partial charge >= 0.3 is 5.97 Å². The molecule has 0 atom stereocenters. The number of carbonyl (C=O) groups excluding carboxylic acids is 1. The second kappa shape index (κ2) is 6.51. The van der Waals surface area contributed by atoms with Crippen LogP contribution in [0.1, 0.15) is 51.9 Å². The van der Waals surface area contributed by atoms with Crippen molar-refractivity contribution in [2.75, 3.05) is 0 Å². The molecule has 0 bridgehead atoms. The van der Waals surface area contributed by atoms with Gasteiger partial charge in [-0.25, -0.2) is 0 Å². The van der Waals surface area contributed by atoms with Crippen LogP contribution in [0.15, 0.2) is 0 Å². The highest BCUT2D eigenvalue weighted by molar-refractivity contribution is 5.93. The minimum Gasteiger partial charge on any atom is -0.481 e. The zero-order valence-electron chi connectivity index (χ0n) is 9.87. The second-order valence-electron chi connectivity index (χ2n) is 4.64. The van der Waals surface area contributed by atoms with Crippen LogP contribution in [0.2, 0.25) is 0 Å². The molecule has 4 nitrogen and oxygen atoms in total. The van der Waals surface area contributed by atoms with Crippen LogP contribution in [0.25, 0.3) is 0 Å². The standard InChI is InChI=1S/C12H21NO3/c1-2-3-9-4-6-10(7-5-9)13-11(14)8-12(15)16/h9-10H,2-8H2,1H3,(H,13,14)(H,15,16). The van der Waals surface area contributed by atoms with Crippen molar-refractivity contribution in [2.24, 2.45) is 5.92 Å². The molecule has 0 aromatic carbocycles. The first-order valence-electron chi connectivity index (χ1n) is 6.13. The number of hydrogen-bond donors (Lipinski definition) is 2. The van der Waals surface area contributed by atoms with Gasteiger partial charge in [0, 0.05) is 6.04 Å². The van der Waals surface area contributed by atoms with Crippen LogP contribution in [-0.2, 0) is 9.59 Å². The van der Waals surface area contributed by atoms with Crippen LogP contribution in [0.5, 0.6) is 0 Å². The highest BCUT2D eigenvalue weighted by Crippen LogP contribution is 2.27. The maximum Gasteiger partial charge on any atom is 0.312 e. The minimum atomic E-state index is -1.06. The Kier molecular flexibility index (Phi) is 5.29. The lowest BCUT2D eigenvalue weighted by Crippen LogP contribution is -2.38. The molecule has 1 amide bonds. The summed E-state index contributed by atoms with van der Waals surface area (Å²) in [6, 6.07) is 0.194. The Hall–Kier alpha value is -1.06. The van der Waals surface area contributed by atoms with Gasteiger partial charge in [0.2, 0.25) is 5.91 Å². The first kappa shape index (κ1) is 13.0. The maximum atomic E-state index is 11.2. The molecule has 0 aromatic heterocycles. The third-order valence-electron chi connectivity index (χ3n) is 3.22. The molecule has 1 saturated carbocycles. The van der Waals surface area contributed by atoms with Gasteiger partial charge in [-0.2, -0.15) is 0 Å². The number of carboxylic acids is 1. The highest BCUT2D eigenvalue weighted by Gasteiger charge is 2.22. The monoisotopic (exact) mass is 227 g/mol. The van der Waals surface area contributed by atoms with Gasteiger partial charge in [-0.15, -0.1) is 0 Å². The predicted octanol–water partition coefficient (Wildman–Crippen LogP) is 1.94. The van der Waals surface area contributed by atoms with Crippen molar-refractivity contribution in [2.45, 2.75) is 57.9 Å². The summed E-state index contributed by atoms with van der Waals surface area (Å²) < 4.78 is 0. The molecule has 16 heavy (non-hydrogen) atoms. The first-order valence-corrected chi connectivity index (χ1v) is 6.13. The average Bonchev–Trinajstić information content (AvgIpc) is 2.20. The van der Waals surface area contributed by atoms with Crippen LogP contribution in [0.4, 0.5) is 0 Å². The molecule has 92 valence electrons. The summed E-state index contributed by atoms with van der Waals surface area (Å²) in [6.45, 7) is 2.20. The number of amides is 1. The highest BCUT2D eigenvalue weighted by atomic mass is 16.4. The van der Waals surface area contributed by atoms with E-state index in [0.29, 0.717) is 0 Å². The summed E-state index contributed by atoms with van der Waals surface area (Å²) in [7, 11) is 0. The number of rotatable bonds is 5. The topological polar surface area (TPSA) is 66.4 Å². The van der Waals surface area contributed by atoms with Gasteiger partial charge < -0.3 is 10.4 Å². The summed E-state index contributed by atoms with van der Waals surface area (Å²) >= 11 is 0. The van der Waals surface area contributed by atoms with Crippen LogP contribution >= 0.6 is 0 Å². The van der Waals surface area contributed by atoms with E-state index in [-0.39, 0.29) is 11.9 Å². The molecule has 0 saturated heterocycles. The van der Waals surface area contributed by atoms with Crippen molar-refractivity contribution in [3.05, 3.63) is 0 Å². The quantitative estimate of drug-likeness (QED) is 0.705. The van der Waals surface area contributed by atoms with Crippen molar-refractivity contribution in [3.63, 3.8) is 0 Å². The van der Waals surface area contributed by atoms with E-state index in [1.165, 1.54) is 12.8 Å². The molecule has 1 aliphatic carbocycles. The van der Waals surface area contributed by atoms with Gasteiger partial charge in [0.05, 0.1) is 0 Å². The van der Waals surface area contributed by atoms with E-state index in [2.05, 4.69) is 12.2 Å². The zero-order chi connectivity index (χ0) is 12.0. The molecule has 0 aliphatic heterocycles. The SMILES string of the molecule is CCCC1CCC(NC(=O)CC(=O)O)CC1. The van der Waals surface area contributed by atoms with Crippen LogP contribution in [0, 0.1) is 5.92 Å². The Morgan fingerprint density at radius 1 is 1.25 bits per heavy atom. The third kappa shape index (κ3) is 4.64. The average molecular weight is 227 g/mol. The largest absolute Gasteiger partial charge is 0.481 e. The lowest BCUT2D eigenvalue weighted by Gasteiger charge is -2.28. The van der Waals surface area contributed by atoms with Gasteiger partial charge in [-0.1, -0.05) is 19.8 Å². The van der Waals surface area contributed by atoms with Gasteiger partial charge in [-0.3, -0.25) is 9.59 Å². The number of aliphatic carboxylic acids is 1. The van der Waals surface area contributed by atoms with E-state index >= 15 is 0 Å². The van der Waals surface area contributed by atoms with Crippen molar-refractivity contribution in [1.82, 2.24) is 5.32 Å². The molecule has 1 rings (SSSR count). The Morgan fingerprint density at radius 3 is 2.38 bits per heavy atom. The van der Waals surface area contributed by atoms with Crippen LogP contribution < -0.4 is 5.32 Å². The number of hydrogen-bond acceptors (Lipinski definition) is 2. The summed E-state index contributed by atoms with van der Waals surface area (Å²) in [4.78, 5) is 21.6. The van der Waals surface area contributed by atoms with Gasteiger partial charge in [0.15, 0.2) is 0 Å². The molecule has 1 fully saturated rings. The fraction of sp³-hybridized carbons (Fsp3) is 0.833. The Bertz CT molecular complexity index is 245. The molecule has 0 spiro atoms. The Morgan fingerprint density at radius 2 is 1.88 bits per heavy atom. The summed E-state index contributed by atoms with van der Waals surface area (Å²) in [5.74, 6) is -0.610. The van der Waals surface area contributed by atoms with E-state index in [9.17, 15) is 9.59 Å². The minimum absolute atomic E-state index is 0.194.